The van der Waals surface area contributed by atoms with Crippen LogP contribution in [0.1, 0.15) is 13.3 Å². The van der Waals surface area contributed by atoms with Gasteiger partial charge in [0.1, 0.15) is 10.6 Å². The van der Waals surface area contributed by atoms with Crippen LogP contribution in [-0.2, 0) is 10.0 Å². The van der Waals surface area contributed by atoms with E-state index in [0.717, 1.165) is 0 Å². The molecule has 0 aromatic heterocycles. The Bertz CT molecular complexity index is 561. The average molecular weight is 268 g/mol. The Morgan fingerprint density at radius 2 is 2.22 bits per heavy atom. The Kier molecular flexibility index (Phi) is 4.59. The van der Waals surface area contributed by atoms with E-state index in [-0.39, 0.29) is 10.6 Å². The van der Waals surface area contributed by atoms with Gasteiger partial charge in [-0.15, -0.1) is 6.42 Å². The fraction of sp³-hybridized carbons (Fsp3) is 0.333. The van der Waals surface area contributed by atoms with Crippen molar-refractivity contribution >= 4 is 15.7 Å². The second-order valence-corrected chi connectivity index (χ2v) is 5.34. The maximum atomic E-state index is 12.2. The largest absolute Gasteiger partial charge is 0.495 e. The van der Waals surface area contributed by atoms with Crippen molar-refractivity contribution in [2.24, 2.45) is 0 Å². The van der Waals surface area contributed by atoms with Crippen molar-refractivity contribution < 1.29 is 13.2 Å². The van der Waals surface area contributed by atoms with Crippen LogP contribution in [0.2, 0.25) is 0 Å². The lowest BCUT2D eigenvalue weighted by molar-refractivity contribution is 0.402. The number of anilines is 1. The molecular weight excluding hydrogens is 252 g/mol. The molecule has 6 heteroatoms. The van der Waals surface area contributed by atoms with E-state index >= 15 is 0 Å². The van der Waals surface area contributed by atoms with E-state index in [1.165, 1.54) is 19.2 Å². The summed E-state index contributed by atoms with van der Waals surface area (Å²) in [4.78, 5) is -0.0151. The lowest BCUT2D eigenvalue weighted by Crippen LogP contribution is -2.33. The second-order valence-electron chi connectivity index (χ2n) is 3.66. The number of terminal acetylenes is 1. The third-order valence-electron chi connectivity index (χ3n) is 2.38. The van der Waals surface area contributed by atoms with Gasteiger partial charge in [0, 0.05) is 5.69 Å². The van der Waals surface area contributed by atoms with Gasteiger partial charge in [-0.25, -0.2) is 8.42 Å². The Morgan fingerprint density at radius 3 is 2.72 bits per heavy atom. The molecule has 0 bridgehead atoms. The molecule has 0 radical (unpaired) electrons. The predicted molar refractivity (Wildman–Crippen MR) is 70.6 cm³/mol. The summed E-state index contributed by atoms with van der Waals surface area (Å²) in [5, 5.41) is 0. The molecule has 3 N–H and O–H groups in total. The minimum atomic E-state index is -3.75. The van der Waals surface area contributed by atoms with Crippen molar-refractivity contribution in [1.82, 2.24) is 4.72 Å². The van der Waals surface area contributed by atoms with E-state index in [4.69, 9.17) is 16.9 Å². The van der Waals surface area contributed by atoms with E-state index < -0.39 is 16.1 Å². The fourth-order valence-corrected chi connectivity index (χ4v) is 2.83. The number of rotatable bonds is 5. The molecule has 1 atom stereocenters. The molecule has 98 valence electrons. The number of nitrogens with one attached hydrogen (secondary N) is 1. The first-order chi connectivity index (χ1) is 8.44. The molecule has 0 saturated carbocycles. The number of nitrogen functional groups attached to an aromatic ring is 1. The van der Waals surface area contributed by atoms with Gasteiger partial charge in [-0.1, -0.05) is 12.8 Å². The predicted octanol–water partition coefficient (Wildman–Crippen LogP) is 0.968. The first-order valence-corrected chi connectivity index (χ1v) is 6.85. The maximum Gasteiger partial charge on any atom is 0.245 e. The molecule has 1 unspecified atom stereocenters. The van der Waals surface area contributed by atoms with E-state index in [2.05, 4.69) is 10.6 Å². The Labute approximate surface area is 107 Å². The van der Waals surface area contributed by atoms with Crippen LogP contribution < -0.4 is 15.2 Å². The summed E-state index contributed by atoms with van der Waals surface area (Å²) < 4.78 is 31.7. The van der Waals surface area contributed by atoms with Crippen LogP contribution in [0.5, 0.6) is 5.75 Å². The monoisotopic (exact) mass is 268 g/mol. The van der Waals surface area contributed by atoms with Crippen LogP contribution in [0.25, 0.3) is 0 Å². The maximum absolute atomic E-state index is 12.2. The van der Waals surface area contributed by atoms with E-state index in [1.54, 1.807) is 13.0 Å². The molecule has 1 aromatic rings. The van der Waals surface area contributed by atoms with Crippen LogP contribution in [0.15, 0.2) is 23.1 Å². The number of methoxy groups -OCH3 is 1. The van der Waals surface area contributed by atoms with Gasteiger partial charge in [-0.05, 0) is 24.6 Å². The summed E-state index contributed by atoms with van der Waals surface area (Å²) in [5.41, 5.74) is 5.92. The molecule has 0 spiro atoms. The van der Waals surface area contributed by atoms with E-state index in [1.807, 2.05) is 0 Å². The molecule has 0 fully saturated rings. The van der Waals surface area contributed by atoms with Crippen molar-refractivity contribution in [3.63, 3.8) is 0 Å². The lowest BCUT2D eigenvalue weighted by Gasteiger charge is -2.14. The van der Waals surface area contributed by atoms with Crippen molar-refractivity contribution in [3.05, 3.63) is 18.2 Å². The van der Waals surface area contributed by atoms with Crippen LogP contribution >= 0.6 is 0 Å². The van der Waals surface area contributed by atoms with Gasteiger partial charge >= 0.3 is 0 Å². The average Bonchev–Trinajstić information content (AvgIpc) is 2.36. The zero-order valence-electron chi connectivity index (χ0n) is 10.3. The fourth-order valence-electron chi connectivity index (χ4n) is 1.39. The molecule has 0 amide bonds. The quantitative estimate of drug-likeness (QED) is 0.616. The number of hydrogen-bond donors (Lipinski definition) is 2. The van der Waals surface area contributed by atoms with Gasteiger partial charge in [-0.2, -0.15) is 4.72 Å². The van der Waals surface area contributed by atoms with Gasteiger partial charge in [-0.3, -0.25) is 0 Å². The number of benzene rings is 1. The number of ether oxygens (including phenoxy) is 1. The van der Waals surface area contributed by atoms with Crippen molar-refractivity contribution in [3.8, 4) is 18.1 Å². The minimum absolute atomic E-state index is 0.0151. The summed E-state index contributed by atoms with van der Waals surface area (Å²) in [7, 11) is -2.35. The molecule has 0 aliphatic carbocycles. The summed E-state index contributed by atoms with van der Waals surface area (Å²) >= 11 is 0. The topological polar surface area (TPSA) is 81.4 Å². The van der Waals surface area contributed by atoms with Crippen molar-refractivity contribution in [2.75, 3.05) is 12.8 Å². The van der Waals surface area contributed by atoms with Gasteiger partial charge in [0.15, 0.2) is 0 Å². The van der Waals surface area contributed by atoms with E-state index in [9.17, 15) is 8.42 Å². The highest BCUT2D eigenvalue weighted by Gasteiger charge is 2.22. The highest BCUT2D eigenvalue weighted by molar-refractivity contribution is 7.89. The Morgan fingerprint density at radius 1 is 1.56 bits per heavy atom. The zero-order chi connectivity index (χ0) is 13.8. The summed E-state index contributed by atoms with van der Waals surface area (Å²) in [6.45, 7) is 1.80. The normalized spacial score (nSPS) is 12.7. The Balaban J connectivity index is 3.20. The van der Waals surface area contributed by atoms with Gasteiger partial charge in [0.05, 0.1) is 13.2 Å². The second kappa shape index (κ2) is 5.76. The SMILES string of the molecule is C#CC(CC)NS(=O)(=O)c1cc(N)ccc1OC. The van der Waals surface area contributed by atoms with Crippen molar-refractivity contribution in [2.45, 2.75) is 24.3 Å². The number of nitrogens with two attached hydrogens (primary N) is 1. The highest BCUT2D eigenvalue weighted by atomic mass is 32.2. The van der Waals surface area contributed by atoms with Crippen LogP contribution in [0.4, 0.5) is 5.69 Å². The van der Waals surface area contributed by atoms with Crippen molar-refractivity contribution in [1.29, 1.82) is 0 Å². The van der Waals surface area contributed by atoms with Gasteiger partial charge in [0.2, 0.25) is 10.0 Å². The van der Waals surface area contributed by atoms with Crippen LogP contribution in [-0.4, -0.2) is 21.6 Å². The molecule has 0 heterocycles. The van der Waals surface area contributed by atoms with Crippen LogP contribution in [0, 0.1) is 12.3 Å². The first-order valence-electron chi connectivity index (χ1n) is 5.36. The summed E-state index contributed by atoms with van der Waals surface area (Å²) in [5.74, 6) is 2.59. The molecule has 5 nitrogen and oxygen atoms in total. The zero-order valence-corrected chi connectivity index (χ0v) is 11.1. The molecule has 0 saturated heterocycles. The molecule has 18 heavy (non-hydrogen) atoms. The van der Waals surface area contributed by atoms with Gasteiger partial charge in [0.25, 0.3) is 0 Å². The summed E-state index contributed by atoms with van der Waals surface area (Å²) in [6.07, 6.45) is 5.74. The first kappa shape index (κ1) is 14.4. The number of hydrogen-bond acceptors (Lipinski definition) is 4. The molecular formula is C12H16N2O3S. The van der Waals surface area contributed by atoms with Crippen LogP contribution in [0.3, 0.4) is 0 Å². The van der Waals surface area contributed by atoms with Gasteiger partial charge < -0.3 is 10.5 Å². The molecule has 0 aliphatic rings. The third-order valence-corrected chi connectivity index (χ3v) is 3.88. The smallest absolute Gasteiger partial charge is 0.245 e. The lowest BCUT2D eigenvalue weighted by atomic mass is 10.3. The summed E-state index contributed by atoms with van der Waals surface area (Å²) in [6, 6.07) is 3.85. The minimum Gasteiger partial charge on any atom is -0.495 e. The molecule has 1 rings (SSSR count). The third kappa shape index (κ3) is 3.15. The highest BCUT2D eigenvalue weighted by Crippen LogP contribution is 2.25. The molecule has 1 aromatic carbocycles. The molecule has 0 aliphatic heterocycles. The van der Waals surface area contributed by atoms with E-state index in [0.29, 0.717) is 12.1 Å². The standard InChI is InChI=1S/C12H16N2O3S/c1-4-10(5-2)14-18(15,16)12-8-9(13)6-7-11(12)17-3/h1,6-8,10,14H,5,13H2,2-3H3. The number of sulfonamides is 1. The Hall–Kier alpha value is -1.71.